The summed E-state index contributed by atoms with van der Waals surface area (Å²) in [7, 11) is 0.0666. The lowest BCUT2D eigenvalue weighted by atomic mass is 9.78. The Kier molecular flexibility index (Phi) is 13.4. The van der Waals surface area contributed by atoms with Crippen molar-refractivity contribution in [3.05, 3.63) is 30.3 Å². The average molecular weight is 656 g/mol. The summed E-state index contributed by atoms with van der Waals surface area (Å²) in [5, 5.41) is 0. The molecule has 0 aromatic heterocycles. The summed E-state index contributed by atoms with van der Waals surface area (Å²) in [5.74, 6) is 0. The molecule has 1 aromatic rings. The number of rotatable bonds is 15. The molecule has 46 heavy (non-hydrogen) atoms. The molecule has 0 amide bonds. The highest BCUT2D eigenvalue weighted by molar-refractivity contribution is 7.59. The third-order valence-corrected chi connectivity index (χ3v) is 15.5. The van der Waals surface area contributed by atoms with Gasteiger partial charge in [-0.25, -0.2) is 0 Å². The van der Waals surface area contributed by atoms with Crippen molar-refractivity contribution in [2.45, 2.75) is 226 Å². The molecule has 1 saturated heterocycles. The topological polar surface area (TPSA) is 9.72 Å². The van der Waals surface area contributed by atoms with E-state index in [4.69, 9.17) is 0 Å². The summed E-state index contributed by atoms with van der Waals surface area (Å²) in [6, 6.07) is 12.6. The van der Waals surface area contributed by atoms with Crippen LogP contribution in [-0.4, -0.2) is 67.2 Å². The Morgan fingerprint density at radius 2 is 1.09 bits per heavy atom. The van der Waals surface area contributed by atoms with Crippen LogP contribution in [0.3, 0.4) is 0 Å². The fourth-order valence-electron chi connectivity index (χ4n) is 9.85. The zero-order valence-electron chi connectivity index (χ0n) is 33.5. The molecule has 2 atom stereocenters. The van der Waals surface area contributed by atoms with Crippen molar-refractivity contribution in [3.8, 4) is 0 Å². The first-order valence-corrected chi connectivity index (χ1v) is 20.9. The van der Waals surface area contributed by atoms with E-state index in [0.29, 0.717) is 12.1 Å². The van der Waals surface area contributed by atoms with E-state index in [1.807, 2.05) is 0 Å². The highest BCUT2D eigenvalue weighted by Gasteiger charge is 2.44. The normalized spacial score (nSPS) is 21.6. The number of anilines is 1. The molecule has 1 aliphatic heterocycles. The van der Waals surface area contributed by atoms with Crippen molar-refractivity contribution in [2.24, 2.45) is 0 Å². The van der Waals surface area contributed by atoms with Crippen LogP contribution in [0.5, 0.6) is 0 Å². The molecular formula is C42H78N3P. The van der Waals surface area contributed by atoms with Crippen molar-refractivity contribution in [3.63, 3.8) is 0 Å². The summed E-state index contributed by atoms with van der Waals surface area (Å²) < 4.78 is 0. The van der Waals surface area contributed by atoms with E-state index in [1.54, 1.807) is 0 Å². The minimum atomic E-state index is 0.0120. The molecule has 0 bridgehead atoms. The first-order chi connectivity index (χ1) is 21.1. The molecule has 4 heteroatoms. The van der Waals surface area contributed by atoms with Crippen LogP contribution in [0, 0.1) is 0 Å². The number of hydrogen-bond donors (Lipinski definition) is 0. The van der Waals surface area contributed by atoms with E-state index in [2.05, 4.69) is 149 Å². The zero-order chi connectivity index (χ0) is 34.7. The van der Waals surface area contributed by atoms with E-state index in [1.165, 1.54) is 82.6 Å². The van der Waals surface area contributed by atoms with Gasteiger partial charge in [0.2, 0.25) is 0 Å². The molecule has 0 spiro atoms. The van der Waals surface area contributed by atoms with Crippen LogP contribution in [-0.2, 0) is 0 Å². The van der Waals surface area contributed by atoms with Gasteiger partial charge in [0, 0.05) is 51.8 Å². The molecule has 1 aliphatic carbocycles. The van der Waals surface area contributed by atoms with E-state index in [9.17, 15) is 0 Å². The van der Waals surface area contributed by atoms with Crippen molar-refractivity contribution < 1.29 is 0 Å². The highest BCUT2D eigenvalue weighted by atomic mass is 31.1. The second-order valence-electron chi connectivity index (χ2n) is 19.2. The molecule has 1 heterocycles. The average Bonchev–Trinajstić information content (AvgIpc) is 3.26. The Hall–Kier alpha value is -0.630. The van der Waals surface area contributed by atoms with Gasteiger partial charge in [-0.15, -0.1) is 0 Å². The van der Waals surface area contributed by atoms with Crippen LogP contribution in [0.1, 0.15) is 174 Å². The fraction of sp³-hybridized carbons (Fsp3) is 0.857. The van der Waals surface area contributed by atoms with Crippen LogP contribution in [0.25, 0.3) is 0 Å². The Labute approximate surface area is 289 Å². The minimum absolute atomic E-state index is 0.0120. The van der Waals surface area contributed by atoms with E-state index in [0.717, 1.165) is 11.3 Å². The van der Waals surface area contributed by atoms with Crippen LogP contribution >= 0.6 is 7.92 Å². The summed E-state index contributed by atoms with van der Waals surface area (Å²) in [6.07, 6.45) is 15.8. The summed E-state index contributed by atoms with van der Waals surface area (Å²) >= 11 is 0. The number of benzene rings is 1. The molecule has 2 fully saturated rings. The van der Waals surface area contributed by atoms with Gasteiger partial charge in [0.15, 0.2) is 0 Å². The molecule has 0 unspecified atom stereocenters. The lowest BCUT2D eigenvalue weighted by molar-refractivity contribution is -0.0354. The summed E-state index contributed by atoms with van der Waals surface area (Å²) in [6.45, 7) is 37.5. The standard InChI is InChI=1S/C42H78N3P/c1-33(2)43(32-46-34(3)26-27-35(46)4)39(8,9)28-29-41(12,13)45(37-24-20-17-21-25-37)42(14,15)31-30-40(10,11)44(38(5,6)7)36-22-18-16-19-23-36/h17,20-21,24-25,33-36H,16,18-19,22-23,26-32H2,1-15H3/t34-,35-/m1/s1. The van der Waals surface area contributed by atoms with E-state index >= 15 is 0 Å². The monoisotopic (exact) mass is 656 g/mol. The molecule has 0 N–H and O–H groups in total. The lowest BCUT2D eigenvalue weighted by Crippen LogP contribution is -2.61. The first-order valence-electron chi connectivity index (χ1n) is 19.3. The molecule has 1 saturated carbocycles. The fourth-order valence-corrected chi connectivity index (χ4v) is 13.3. The molecule has 1 aromatic carbocycles. The Morgan fingerprint density at radius 1 is 0.630 bits per heavy atom. The van der Waals surface area contributed by atoms with Crippen LogP contribution in [0.2, 0.25) is 0 Å². The maximum atomic E-state index is 2.92. The lowest BCUT2D eigenvalue weighted by Gasteiger charge is -2.55. The third-order valence-electron chi connectivity index (χ3n) is 12.1. The quantitative estimate of drug-likeness (QED) is 0.174. The van der Waals surface area contributed by atoms with Gasteiger partial charge in [0.1, 0.15) is 0 Å². The van der Waals surface area contributed by atoms with Gasteiger partial charge in [0.25, 0.3) is 0 Å². The molecule has 3 nitrogen and oxygen atoms in total. The van der Waals surface area contributed by atoms with Crippen LogP contribution < -0.4 is 4.90 Å². The summed E-state index contributed by atoms with van der Waals surface area (Å²) in [4.78, 5) is 8.63. The Morgan fingerprint density at radius 3 is 1.54 bits per heavy atom. The van der Waals surface area contributed by atoms with Gasteiger partial charge in [-0.3, -0.25) is 9.80 Å². The highest BCUT2D eigenvalue weighted by Crippen LogP contribution is 2.56. The third kappa shape index (κ3) is 9.97. The van der Waals surface area contributed by atoms with Crippen LogP contribution in [0.4, 0.5) is 5.69 Å². The smallest absolute Gasteiger partial charge is 0.0375 e. The van der Waals surface area contributed by atoms with Crippen molar-refractivity contribution in [1.82, 2.24) is 9.80 Å². The van der Waals surface area contributed by atoms with Crippen molar-refractivity contribution >= 4 is 13.6 Å². The molecule has 3 rings (SSSR count). The van der Waals surface area contributed by atoms with Gasteiger partial charge in [-0.2, -0.15) is 0 Å². The zero-order valence-corrected chi connectivity index (χ0v) is 34.4. The molecule has 0 radical (unpaired) electrons. The van der Waals surface area contributed by atoms with Gasteiger partial charge < -0.3 is 4.90 Å². The van der Waals surface area contributed by atoms with Gasteiger partial charge in [-0.1, -0.05) is 59.2 Å². The first kappa shape index (κ1) is 39.8. The SMILES string of the molecule is CC(C)N(CP1[C@H](C)CC[C@H]1C)C(C)(C)CCC(C)(C)N(c1ccccc1)C(C)(C)CCC(C)(C)N(C1CCCCC1)C(C)(C)C. The molecule has 2 aliphatic rings. The van der Waals surface area contributed by atoms with Gasteiger partial charge in [0.05, 0.1) is 0 Å². The van der Waals surface area contributed by atoms with Crippen molar-refractivity contribution in [2.75, 3.05) is 11.2 Å². The van der Waals surface area contributed by atoms with Gasteiger partial charge in [-0.05, 0) is 165 Å². The predicted octanol–water partition coefficient (Wildman–Crippen LogP) is 12.3. The number of para-hydroxylation sites is 1. The Bertz CT molecular complexity index is 1040. The maximum absolute atomic E-state index is 2.92. The van der Waals surface area contributed by atoms with Crippen molar-refractivity contribution in [1.29, 1.82) is 0 Å². The number of nitrogens with zero attached hydrogens (tertiary/aromatic N) is 3. The van der Waals surface area contributed by atoms with E-state index < -0.39 is 0 Å². The maximum Gasteiger partial charge on any atom is 0.0375 e. The van der Waals surface area contributed by atoms with Gasteiger partial charge >= 0.3 is 0 Å². The number of hydrogen-bond acceptors (Lipinski definition) is 3. The Balaban J connectivity index is 1.85. The second kappa shape index (κ2) is 15.5. The minimum Gasteiger partial charge on any atom is -0.361 e. The summed E-state index contributed by atoms with van der Waals surface area (Å²) in [5.41, 5.74) is 3.67. The molecular weight excluding hydrogens is 577 g/mol. The molecule has 266 valence electrons. The largest absolute Gasteiger partial charge is 0.361 e. The van der Waals surface area contributed by atoms with Crippen LogP contribution in [0.15, 0.2) is 30.3 Å². The van der Waals surface area contributed by atoms with E-state index in [-0.39, 0.29) is 35.6 Å². The second-order valence-corrected chi connectivity index (χ2v) is 22.3. The predicted molar refractivity (Wildman–Crippen MR) is 209 cm³/mol.